The van der Waals surface area contributed by atoms with E-state index >= 15 is 0 Å². The van der Waals surface area contributed by atoms with Gasteiger partial charge in [0, 0.05) is 19.1 Å². The van der Waals surface area contributed by atoms with Gasteiger partial charge in [0.15, 0.2) is 0 Å². The monoisotopic (exact) mass is 178 g/mol. The van der Waals surface area contributed by atoms with Crippen LogP contribution in [0.1, 0.15) is 12.8 Å². The Morgan fingerprint density at radius 3 is 2.27 bits per heavy atom. The highest BCUT2D eigenvalue weighted by atomic mass is 32.2. The molecule has 1 heterocycles. The van der Waals surface area contributed by atoms with E-state index in [-0.39, 0.29) is 0 Å². The van der Waals surface area contributed by atoms with Crippen LogP contribution in [0.2, 0.25) is 0 Å². The maximum atomic E-state index is 12.0. The number of piperidine rings is 1. The molecule has 0 aromatic heterocycles. The SMILES string of the molecule is CN(C)C1CCN(SF)CC1. The van der Waals surface area contributed by atoms with Crippen molar-refractivity contribution in [2.45, 2.75) is 18.9 Å². The number of halogens is 1. The standard InChI is InChI=1S/C7H15FN2S/c1-9(2)7-3-5-10(11-8)6-4-7/h7H,3-6H2,1-2H3. The molecule has 1 rings (SSSR count). The lowest BCUT2D eigenvalue weighted by molar-refractivity contribution is 0.202. The summed E-state index contributed by atoms with van der Waals surface area (Å²) in [5.41, 5.74) is 0. The second-order valence-electron chi connectivity index (χ2n) is 3.19. The summed E-state index contributed by atoms with van der Waals surface area (Å²) in [6, 6.07) is 0.651. The zero-order valence-corrected chi connectivity index (χ0v) is 7.90. The number of rotatable bonds is 2. The van der Waals surface area contributed by atoms with Gasteiger partial charge in [0.05, 0.1) is 0 Å². The number of nitrogens with zero attached hydrogens (tertiary/aromatic N) is 2. The van der Waals surface area contributed by atoms with Crippen molar-refractivity contribution in [3.63, 3.8) is 0 Å². The minimum atomic E-state index is 0.374. The van der Waals surface area contributed by atoms with E-state index in [9.17, 15) is 3.89 Å². The Kier molecular flexibility index (Phi) is 3.62. The molecule has 11 heavy (non-hydrogen) atoms. The van der Waals surface area contributed by atoms with E-state index in [1.54, 1.807) is 4.31 Å². The fraction of sp³-hybridized carbons (Fsp3) is 1.00. The van der Waals surface area contributed by atoms with Gasteiger partial charge in [-0.2, -0.15) is 0 Å². The Morgan fingerprint density at radius 1 is 1.36 bits per heavy atom. The zero-order valence-electron chi connectivity index (χ0n) is 7.09. The van der Waals surface area contributed by atoms with Crippen LogP contribution in [0.25, 0.3) is 0 Å². The molecule has 0 N–H and O–H groups in total. The third-order valence-electron chi connectivity index (χ3n) is 2.25. The summed E-state index contributed by atoms with van der Waals surface area (Å²) >= 11 is 0.374. The van der Waals surface area contributed by atoms with Gasteiger partial charge in [0.25, 0.3) is 0 Å². The van der Waals surface area contributed by atoms with E-state index in [1.807, 2.05) is 0 Å². The molecule has 0 aromatic rings. The topological polar surface area (TPSA) is 6.48 Å². The third kappa shape index (κ3) is 2.61. The smallest absolute Gasteiger partial charge is 0.134 e. The predicted molar refractivity (Wildman–Crippen MR) is 47.0 cm³/mol. The van der Waals surface area contributed by atoms with Crippen molar-refractivity contribution in [1.82, 2.24) is 9.21 Å². The average molecular weight is 178 g/mol. The van der Waals surface area contributed by atoms with Crippen molar-refractivity contribution in [3.05, 3.63) is 0 Å². The van der Waals surface area contributed by atoms with Crippen molar-refractivity contribution < 1.29 is 3.89 Å². The molecule has 0 spiro atoms. The lowest BCUT2D eigenvalue weighted by Crippen LogP contribution is -2.38. The van der Waals surface area contributed by atoms with Crippen LogP contribution < -0.4 is 0 Å². The van der Waals surface area contributed by atoms with Crippen LogP contribution in [0, 0.1) is 0 Å². The molecule has 66 valence electrons. The van der Waals surface area contributed by atoms with Crippen LogP contribution in [0.5, 0.6) is 0 Å². The minimum Gasteiger partial charge on any atom is -0.306 e. The predicted octanol–water partition coefficient (Wildman–Crippen LogP) is 1.55. The lowest BCUT2D eigenvalue weighted by Gasteiger charge is -2.32. The molecule has 0 bridgehead atoms. The quantitative estimate of drug-likeness (QED) is 0.592. The van der Waals surface area contributed by atoms with Gasteiger partial charge in [0.1, 0.15) is 12.3 Å². The summed E-state index contributed by atoms with van der Waals surface area (Å²) in [5, 5.41) is 0. The van der Waals surface area contributed by atoms with Gasteiger partial charge in [-0.05, 0) is 26.9 Å². The molecule has 0 atom stereocenters. The summed E-state index contributed by atoms with van der Waals surface area (Å²) in [5.74, 6) is 0. The molecule has 1 fully saturated rings. The van der Waals surface area contributed by atoms with Gasteiger partial charge in [0.2, 0.25) is 0 Å². The Balaban J connectivity index is 2.24. The molecule has 1 aliphatic rings. The second-order valence-corrected chi connectivity index (χ2v) is 3.85. The van der Waals surface area contributed by atoms with E-state index in [4.69, 9.17) is 0 Å². The molecule has 1 saturated heterocycles. The maximum absolute atomic E-state index is 12.0. The first-order chi connectivity index (χ1) is 5.24. The summed E-state index contributed by atoms with van der Waals surface area (Å²) in [6.07, 6.45) is 2.17. The highest BCUT2D eigenvalue weighted by molar-refractivity contribution is 7.91. The normalized spacial score (nSPS) is 22.9. The minimum absolute atomic E-state index is 0.374. The molecule has 1 aliphatic heterocycles. The molecular formula is C7H15FN2S. The van der Waals surface area contributed by atoms with Gasteiger partial charge in [-0.25, -0.2) is 4.31 Å². The van der Waals surface area contributed by atoms with Crippen LogP contribution in [-0.4, -0.2) is 42.4 Å². The van der Waals surface area contributed by atoms with E-state index in [1.165, 1.54) is 0 Å². The van der Waals surface area contributed by atoms with Gasteiger partial charge in [-0.3, -0.25) is 0 Å². The second kappa shape index (κ2) is 4.28. The summed E-state index contributed by atoms with van der Waals surface area (Å²) in [7, 11) is 4.17. The van der Waals surface area contributed by atoms with Crippen LogP contribution in [0.4, 0.5) is 3.89 Å². The third-order valence-corrected chi connectivity index (χ3v) is 2.81. The molecule has 4 heteroatoms. The molecule has 0 aromatic carbocycles. The first-order valence-corrected chi connectivity index (χ1v) is 4.61. The molecular weight excluding hydrogens is 163 g/mol. The molecule has 0 saturated carbocycles. The number of hydrogen-bond acceptors (Lipinski definition) is 3. The molecule has 0 unspecified atom stereocenters. The van der Waals surface area contributed by atoms with Crippen LogP contribution in [0.15, 0.2) is 0 Å². The van der Waals surface area contributed by atoms with Crippen molar-refractivity contribution in [3.8, 4) is 0 Å². The zero-order chi connectivity index (χ0) is 8.27. The highest BCUT2D eigenvalue weighted by Gasteiger charge is 2.20. The molecule has 0 aliphatic carbocycles. The fourth-order valence-electron chi connectivity index (χ4n) is 1.43. The molecule has 0 radical (unpaired) electrons. The average Bonchev–Trinajstić information content (AvgIpc) is 2.05. The van der Waals surface area contributed by atoms with E-state index in [0.717, 1.165) is 25.9 Å². The Labute approximate surface area is 72.2 Å². The summed E-state index contributed by atoms with van der Waals surface area (Å²) in [6.45, 7) is 1.76. The lowest BCUT2D eigenvalue weighted by atomic mass is 10.1. The van der Waals surface area contributed by atoms with Crippen LogP contribution >= 0.6 is 12.3 Å². The first kappa shape index (κ1) is 9.29. The van der Waals surface area contributed by atoms with Crippen LogP contribution in [-0.2, 0) is 0 Å². The maximum Gasteiger partial charge on any atom is 0.134 e. The van der Waals surface area contributed by atoms with Gasteiger partial charge >= 0.3 is 0 Å². The van der Waals surface area contributed by atoms with Gasteiger partial charge in [-0.1, -0.05) is 0 Å². The molecule has 2 nitrogen and oxygen atoms in total. The van der Waals surface area contributed by atoms with Gasteiger partial charge < -0.3 is 4.90 Å². The van der Waals surface area contributed by atoms with Gasteiger partial charge in [-0.15, -0.1) is 3.89 Å². The Bertz CT molecular complexity index is 113. The first-order valence-electron chi connectivity index (χ1n) is 3.94. The largest absolute Gasteiger partial charge is 0.306 e. The van der Waals surface area contributed by atoms with Crippen molar-refractivity contribution >= 4 is 12.3 Å². The highest BCUT2D eigenvalue weighted by Crippen LogP contribution is 2.20. The summed E-state index contributed by atoms with van der Waals surface area (Å²) < 4.78 is 13.8. The number of hydrogen-bond donors (Lipinski definition) is 0. The molecule has 0 amide bonds. The van der Waals surface area contributed by atoms with E-state index in [2.05, 4.69) is 19.0 Å². The van der Waals surface area contributed by atoms with Crippen LogP contribution in [0.3, 0.4) is 0 Å². The summed E-state index contributed by atoms with van der Waals surface area (Å²) in [4.78, 5) is 2.22. The Morgan fingerprint density at radius 2 is 1.91 bits per heavy atom. The fourth-order valence-corrected chi connectivity index (χ4v) is 1.78. The van der Waals surface area contributed by atoms with Crippen molar-refractivity contribution in [2.24, 2.45) is 0 Å². The van der Waals surface area contributed by atoms with Crippen molar-refractivity contribution in [1.29, 1.82) is 0 Å². The van der Waals surface area contributed by atoms with E-state index < -0.39 is 0 Å². The Hall–Kier alpha value is 0.200. The van der Waals surface area contributed by atoms with Crippen molar-refractivity contribution in [2.75, 3.05) is 27.2 Å². The van der Waals surface area contributed by atoms with E-state index in [0.29, 0.717) is 18.4 Å².